The monoisotopic (exact) mass is 459 g/mol. The summed E-state index contributed by atoms with van der Waals surface area (Å²) >= 11 is 5.97. The van der Waals surface area contributed by atoms with Crippen LogP contribution in [0.2, 0.25) is 5.02 Å². The van der Waals surface area contributed by atoms with Gasteiger partial charge in [0.25, 0.3) is 5.91 Å². The molecule has 0 aliphatic carbocycles. The maximum atomic E-state index is 12.6. The summed E-state index contributed by atoms with van der Waals surface area (Å²) in [6.45, 7) is 6.19. The molecule has 0 spiro atoms. The van der Waals surface area contributed by atoms with E-state index in [1.54, 1.807) is 17.0 Å². The minimum Gasteiger partial charge on any atom is -0.494 e. The maximum absolute atomic E-state index is 12.6. The smallest absolute Gasteiger partial charge is 0.306 e. The molecular weight excluding hydrogens is 430 g/mol. The third kappa shape index (κ3) is 7.80. The summed E-state index contributed by atoms with van der Waals surface area (Å²) in [7, 11) is -3.11. The molecule has 0 bridgehead atoms. The summed E-state index contributed by atoms with van der Waals surface area (Å²) in [5, 5.41) is 0.664. The van der Waals surface area contributed by atoms with E-state index in [2.05, 4.69) is 0 Å². The summed E-state index contributed by atoms with van der Waals surface area (Å²) < 4.78 is 34.2. The zero-order chi connectivity index (χ0) is 22.3. The van der Waals surface area contributed by atoms with Crippen LogP contribution in [0.25, 0.3) is 0 Å². The van der Waals surface area contributed by atoms with Crippen LogP contribution in [0.15, 0.2) is 18.2 Å². The third-order valence-corrected chi connectivity index (χ3v) is 6.99. The van der Waals surface area contributed by atoms with Gasteiger partial charge in [-0.2, -0.15) is 0 Å². The molecule has 1 unspecified atom stereocenters. The lowest BCUT2D eigenvalue weighted by Crippen LogP contribution is -2.45. The lowest BCUT2D eigenvalue weighted by Gasteiger charge is -2.29. The number of carbonyl (C=O) groups is 2. The molecule has 1 amide bonds. The number of nitrogens with zero attached hydrogens (tertiary/aromatic N) is 1. The van der Waals surface area contributed by atoms with Crippen LogP contribution in [0.4, 0.5) is 0 Å². The van der Waals surface area contributed by atoms with Gasteiger partial charge >= 0.3 is 5.97 Å². The average Bonchev–Trinajstić information content (AvgIpc) is 3.03. The molecule has 1 aliphatic heterocycles. The van der Waals surface area contributed by atoms with Crippen LogP contribution in [-0.2, 0) is 24.2 Å². The van der Waals surface area contributed by atoms with Gasteiger partial charge in [-0.3, -0.25) is 9.59 Å². The van der Waals surface area contributed by atoms with E-state index in [0.29, 0.717) is 36.8 Å². The molecule has 9 heteroatoms. The Morgan fingerprint density at radius 2 is 2.03 bits per heavy atom. The first-order valence-electron chi connectivity index (χ1n) is 10.1. The van der Waals surface area contributed by atoms with Crippen molar-refractivity contribution in [2.24, 2.45) is 5.92 Å². The Balaban J connectivity index is 1.74. The quantitative estimate of drug-likeness (QED) is 0.394. The Morgan fingerprint density at radius 1 is 1.30 bits per heavy atom. The summed E-state index contributed by atoms with van der Waals surface area (Å²) in [6, 6.07) is 5.00. The predicted octanol–water partition coefficient (Wildman–Crippen LogP) is 3.02. The van der Waals surface area contributed by atoms with E-state index in [-0.39, 0.29) is 42.4 Å². The fraction of sp³-hybridized carbons (Fsp3) is 0.619. The first-order chi connectivity index (χ1) is 14.1. The SMILES string of the molecule is Cc1cc(OCCCC(=O)OCC(=O)N(CC(C)C)C2CCS(=O)(=O)C2)ccc1Cl. The van der Waals surface area contributed by atoms with E-state index in [1.165, 1.54) is 0 Å². The van der Waals surface area contributed by atoms with E-state index in [1.807, 2.05) is 26.8 Å². The zero-order valence-electron chi connectivity index (χ0n) is 17.7. The standard InChI is InChI=1S/C21H30ClNO6S/c1-15(2)12-23(17-8-10-30(26,27)14-17)20(24)13-29-21(25)5-4-9-28-18-6-7-19(22)16(3)11-18/h6-7,11,15,17H,4-5,8-10,12-14H2,1-3H3. The van der Waals surface area contributed by atoms with Crippen LogP contribution >= 0.6 is 11.6 Å². The molecule has 7 nitrogen and oxygen atoms in total. The fourth-order valence-electron chi connectivity index (χ4n) is 3.28. The second-order valence-electron chi connectivity index (χ2n) is 8.02. The molecular formula is C21H30ClNO6S. The minimum absolute atomic E-state index is 0.0269. The van der Waals surface area contributed by atoms with Crippen LogP contribution < -0.4 is 4.74 Å². The van der Waals surface area contributed by atoms with Crippen molar-refractivity contribution in [3.05, 3.63) is 28.8 Å². The van der Waals surface area contributed by atoms with Gasteiger partial charge in [0, 0.05) is 24.0 Å². The van der Waals surface area contributed by atoms with Gasteiger partial charge in [-0.1, -0.05) is 25.4 Å². The summed E-state index contributed by atoms with van der Waals surface area (Å²) in [6.07, 6.45) is 1.00. The Bertz CT molecular complexity index is 855. The molecule has 2 rings (SSSR count). The summed E-state index contributed by atoms with van der Waals surface area (Å²) in [5.74, 6) is 0.0839. The van der Waals surface area contributed by atoms with Gasteiger partial charge in [0.15, 0.2) is 16.4 Å². The van der Waals surface area contributed by atoms with Crippen molar-refractivity contribution < 1.29 is 27.5 Å². The third-order valence-electron chi connectivity index (χ3n) is 4.81. The number of carbonyl (C=O) groups excluding carboxylic acids is 2. The Labute approximate surface area is 183 Å². The number of hydrogen-bond donors (Lipinski definition) is 0. The fourth-order valence-corrected chi connectivity index (χ4v) is 5.13. The van der Waals surface area contributed by atoms with Crippen molar-refractivity contribution in [1.29, 1.82) is 0 Å². The van der Waals surface area contributed by atoms with Gasteiger partial charge in [-0.05, 0) is 49.4 Å². The molecule has 1 aromatic rings. The van der Waals surface area contributed by atoms with Crippen LogP contribution in [0.1, 0.15) is 38.7 Å². The van der Waals surface area contributed by atoms with E-state index in [9.17, 15) is 18.0 Å². The Morgan fingerprint density at radius 3 is 2.63 bits per heavy atom. The number of sulfone groups is 1. The van der Waals surface area contributed by atoms with Crippen molar-refractivity contribution in [2.45, 2.75) is 46.1 Å². The number of esters is 1. The lowest BCUT2D eigenvalue weighted by molar-refractivity contribution is -0.153. The van der Waals surface area contributed by atoms with E-state index in [4.69, 9.17) is 21.1 Å². The molecule has 168 valence electrons. The van der Waals surface area contributed by atoms with E-state index >= 15 is 0 Å². The molecule has 0 N–H and O–H groups in total. The van der Waals surface area contributed by atoms with Crippen LogP contribution in [0.3, 0.4) is 0 Å². The van der Waals surface area contributed by atoms with Crippen molar-refractivity contribution in [2.75, 3.05) is 31.3 Å². The molecule has 0 radical (unpaired) electrons. The molecule has 1 fully saturated rings. The number of aryl methyl sites for hydroxylation is 1. The molecule has 1 saturated heterocycles. The first-order valence-corrected chi connectivity index (χ1v) is 12.3. The second kappa shape index (κ2) is 11.0. The molecule has 1 aliphatic rings. The zero-order valence-corrected chi connectivity index (χ0v) is 19.3. The van der Waals surface area contributed by atoms with E-state index < -0.39 is 15.8 Å². The maximum Gasteiger partial charge on any atom is 0.306 e. The van der Waals surface area contributed by atoms with E-state index in [0.717, 1.165) is 5.56 Å². The van der Waals surface area contributed by atoms with Gasteiger partial charge < -0.3 is 14.4 Å². The first kappa shape index (κ1) is 24.5. The lowest BCUT2D eigenvalue weighted by atomic mass is 10.1. The van der Waals surface area contributed by atoms with Crippen molar-refractivity contribution in [3.63, 3.8) is 0 Å². The Hall–Kier alpha value is -1.80. The molecule has 0 aromatic heterocycles. The Kier molecular flexibility index (Phi) is 8.97. The van der Waals surface area contributed by atoms with Gasteiger partial charge in [-0.15, -0.1) is 0 Å². The summed E-state index contributed by atoms with van der Waals surface area (Å²) in [4.78, 5) is 26.1. The van der Waals surface area contributed by atoms with Crippen molar-refractivity contribution >= 4 is 33.3 Å². The number of halogens is 1. The molecule has 30 heavy (non-hydrogen) atoms. The molecule has 0 saturated carbocycles. The van der Waals surface area contributed by atoms with Crippen molar-refractivity contribution in [3.8, 4) is 5.75 Å². The molecule has 1 heterocycles. The number of benzene rings is 1. The number of amides is 1. The number of ether oxygens (including phenoxy) is 2. The van der Waals surface area contributed by atoms with Crippen LogP contribution in [0.5, 0.6) is 5.75 Å². The van der Waals surface area contributed by atoms with Gasteiger partial charge in [0.1, 0.15) is 5.75 Å². The van der Waals surface area contributed by atoms with Crippen LogP contribution in [0, 0.1) is 12.8 Å². The normalized spacial score (nSPS) is 17.7. The topological polar surface area (TPSA) is 90.0 Å². The highest BCUT2D eigenvalue weighted by Gasteiger charge is 2.35. The van der Waals surface area contributed by atoms with Gasteiger partial charge in [0.05, 0.1) is 18.1 Å². The van der Waals surface area contributed by atoms with Crippen molar-refractivity contribution in [1.82, 2.24) is 4.90 Å². The predicted molar refractivity (Wildman–Crippen MR) is 115 cm³/mol. The second-order valence-corrected chi connectivity index (χ2v) is 10.7. The highest BCUT2D eigenvalue weighted by molar-refractivity contribution is 7.91. The minimum atomic E-state index is -3.11. The summed E-state index contributed by atoms with van der Waals surface area (Å²) in [5.41, 5.74) is 0.910. The van der Waals surface area contributed by atoms with Crippen LogP contribution in [-0.4, -0.2) is 62.5 Å². The number of rotatable bonds is 10. The van der Waals surface area contributed by atoms with Gasteiger partial charge in [0.2, 0.25) is 0 Å². The highest BCUT2D eigenvalue weighted by atomic mass is 35.5. The largest absolute Gasteiger partial charge is 0.494 e. The highest BCUT2D eigenvalue weighted by Crippen LogP contribution is 2.21. The van der Waals surface area contributed by atoms with Gasteiger partial charge in [-0.25, -0.2) is 8.42 Å². The average molecular weight is 460 g/mol. The molecule has 1 atom stereocenters. The molecule has 1 aromatic carbocycles. The number of hydrogen-bond acceptors (Lipinski definition) is 6.